The summed E-state index contributed by atoms with van der Waals surface area (Å²) in [6, 6.07) is 6.23. The Kier molecular flexibility index (Phi) is 5.13. The predicted molar refractivity (Wildman–Crippen MR) is 110 cm³/mol. The lowest BCUT2D eigenvalue weighted by Gasteiger charge is -2.11. The molecule has 1 aromatic carbocycles. The topological polar surface area (TPSA) is 92.1 Å². The van der Waals surface area contributed by atoms with Crippen LogP contribution in [0.1, 0.15) is 22.5 Å². The van der Waals surface area contributed by atoms with Gasteiger partial charge in [-0.05, 0) is 26.0 Å². The van der Waals surface area contributed by atoms with Crippen molar-refractivity contribution < 1.29 is 18.0 Å². The number of carbonyl (C=O) groups is 1. The van der Waals surface area contributed by atoms with E-state index in [4.69, 9.17) is 0 Å². The summed E-state index contributed by atoms with van der Waals surface area (Å²) in [6.07, 6.45) is -4.45. The summed E-state index contributed by atoms with van der Waals surface area (Å²) in [4.78, 5) is 32.7. The van der Waals surface area contributed by atoms with Crippen LogP contribution < -0.4 is 10.9 Å². The van der Waals surface area contributed by atoms with Gasteiger partial charge in [-0.1, -0.05) is 12.1 Å². The third-order valence-electron chi connectivity index (χ3n) is 4.78. The molecule has 11 heteroatoms. The van der Waals surface area contributed by atoms with Crippen LogP contribution in [0.5, 0.6) is 0 Å². The number of fused-ring (bicyclic) bond motifs is 1. The Bertz CT molecular complexity index is 1350. The Morgan fingerprint density at radius 1 is 1.23 bits per heavy atom. The minimum Gasteiger partial charge on any atom is -0.302 e. The lowest BCUT2D eigenvalue weighted by molar-refractivity contribution is -0.137. The monoisotopic (exact) mass is 447 g/mol. The molecule has 0 saturated heterocycles. The van der Waals surface area contributed by atoms with Gasteiger partial charge in [0.15, 0.2) is 10.8 Å². The number of rotatable bonds is 4. The fraction of sp³-hybridized carbons (Fsp3) is 0.200. The van der Waals surface area contributed by atoms with Gasteiger partial charge in [-0.2, -0.15) is 13.2 Å². The van der Waals surface area contributed by atoms with Gasteiger partial charge in [-0.3, -0.25) is 14.7 Å². The summed E-state index contributed by atoms with van der Waals surface area (Å²) in [5.74, 6) is -0.355. The average molecular weight is 447 g/mol. The molecule has 2 N–H and O–H groups in total. The SMILES string of the molecule is Cc1nc2cc(=O)[nH]n2c(C)c1CC(=O)Nc1nc(-c2cccc(C(F)(F)F)c2)cs1. The lowest BCUT2D eigenvalue weighted by Crippen LogP contribution is -2.17. The first-order valence-electron chi connectivity index (χ1n) is 9.12. The smallest absolute Gasteiger partial charge is 0.302 e. The lowest BCUT2D eigenvalue weighted by atomic mass is 10.1. The zero-order chi connectivity index (χ0) is 22.3. The van der Waals surface area contributed by atoms with E-state index in [1.165, 1.54) is 22.7 Å². The van der Waals surface area contributed by atoms with Gasteiger partial charge in [0.1, 0.15) is 0 Å². The van der Waals surface area contributed by atoms with Gasteiger partial charge in [0.25, 0.3) is 5.56 Å². The largest absolute Gasteiger partial charge is 0.416 e. The maximum Gasteiger partial charge on any atom is 0.416 e. The number of thiazole rings is 1. The number of aromatic amines is 1. The van der Waals surface area contributed by atoms with Crippen LogP contribution in [0.4, 0.5) is 18.3 Å². The van der Waals surface area contributed by atoms with Gasteiger partial charge in [0.05, 0.1) is 17.7 Å². The first kappa shape index (κ1) is 20.8. The molecular formula is C20H16F3N5O2S. The summed E-state index contributed by atoms with van der Waals surface area (Å²) in [7, 11) is 0. The molecule has 0 bridgehead atoms. The molecule has 4 rings (SSSR count). The standard InChI is InChI=1S/C20H16F3N5O2S/c1-10-14(11(2)28-16(24-10)8-18(30)27-28)7-17(29)26-19-25-15(9-31-19)12-4-3-5-13(6-12)20(21,22)23/h3-6,8-9H,7H2,1-2H3,(H,27,30)(H,25,26,29). The number of aromatic nitrogens is 4. The van der Waals surface area contributed by atoms with Crippen molar-refractivity contribution in [3.63, 3.8) is 0 Å². The van der Waals surface area contributed by atoms with Crippen molar-refractivity contribution in [1.29, 1.82) is 0 Å². The number of carbonyl (C=O) groups excluding carboxylic acids is 1. The van der Waals surface area contributed by atoms with Gasteiger partial charge in [0.2, 0.25) is 5.91 Å². The number of aryl methyl sites for hydroxylation is 2. The Balaban J connectivity index is 1.53. The highest BCUT2D eigenvalue weighted by Crippen LogP contribution is 2.33. The number of benzene rings is 1. The van der Waals surface area contributed by atoms with E-state index in [-0.39, 0.29) is 23.0 Å². The number of nitrogens with one attached hydrogen (secondary N) is 2. The third-order valence-corrected chi connectivity index (χ3v) is 5.53. The summed E-state index contributed by atoms with van der Waals surface area (Å²) in [6.45, 7) is 3.53. The molecule has 0 saturated carbocycles. The molecule has 4 aromatic rings. The summed E-state index contributed by atoms with van der Waals surface area (Å²) in [5.41, 5.74) is 2.03. The fourth-order valence-corrected chi connectivity index (χ4v) is 3.99. The van der Waals surface area contributed by atoms with Crippen LogP contribution in [0.15, 0.2) is 40.5 Å². The zero-order valence-corrected chi connectivity index (χ0v) is 17.2. The van der Waals surface area contributed by atoms with Crippen LogP contribution in [0.3, 0.4) is 0 Å². The van der Waals surface area contributed by atoms with E-state index >= 15 is 0 Å². The fourth-order valence-electron chi connectivity index (χ4n) is 3.25. The van der Waals surface area contributed by atoms with Crippen molar-refractivity contribution in [2.24, 2.45) is 0 Å². The molecular weight excluding hydrogens is 431 g/mol. The second-order valence-electron chi connectivity index (χ2n) is 6.92. The van der Waals surface area contributed by atoms with Gasteiger partial charge in [-0.15, -0.1) is 11.3 Å². The van der Waals surface area contributed by atoms with Crippen molar-refractivity contribution in [2.45, 2.75) is 26.4 Å². The summed E-state index contributed by atoms with van der Waals surface area (Å²) >= 11 is 1.12. The minimum absolute atomic E-state index is 0.000705. The molecule has 3 aromatic heterocycles. The van der Waals surface area contributed by atoms with E-state index in [0.29, 0.717) is 33.9 Å². The van der Waals surface area contributed by atoms with Gasteiger partial charge in [-0.25, -0.2) is 14.5 Å². The molecule has 0 fully saturated rings. The Morgan fingerprint density at radius 3 is 2.74 bits per heavy atom. The molecule has 1 amide bonds. The van der Waals surface area contributed by atoms with Crippen molar-refractivity contribution in [3.8, 4) is 11.3 Å². The molecule has 160 valence electrons. The van der Waals surface area contributed by atoms with Crippen molar-refractivity contribution in [1.82, 2.24) is 19.6 Å². The molecule has 0 spiro atoms. The molecule has 0 aliphatic carbocycles. The van der Waals surface area contributed by atoms with Crippen molar-refractivity contribution in [2.75, 3.05) is 5.32 Å². The first-order chi connectivity index (χ1) is 14.6. The van der Waals surface area contributed by atoms with Crippen LogP contribution in [0, 0.1) is 13.8 Å². The Morgan fingerprint density at radius 2 is 2.00 bits per heavy atom. The molecule has 3 heterocycles. The number of anilines is 1. The highest BCUT2D eigenvalue weighted by Gasteiger charge is 2.30. The van der Waals surface area contributed by atoms with E-state index in [2.05, 4.69) is 20.4 Å². The molecule has 0 atom stereocenters. The van der Waals surface area contributed by atoms with Crippen LogP contribution >= 0.6 is 11.3 Å². The number of H-pyrrole nitrogens is 1. The van der Waals surface area contributed by atoms with Gasteiger partial charge in [0, 0.05) is 34.0 Å². The van der Waals surface area contributed by atoms with E-state index in [0.717, 1.165) is 23.5 Å². The quantitative estimate of drug-likeness (QED) is 0.495. The van der Waals surface area contributed by atoms with Crippen molar-refractivity contribution in [3.05, 3.63) is 68.6 Å². The highest BCUT2D eigenvalue weighted by atomic mass is 32.1. The Labute approximate surface area is 177 Å². The van der Waals surface area contributed by atoms with E-state index in [1.54, 1.807) is 19.2 Å². The van der Waals surface area contributed by atoms with E-state index < -0.39 is 11.7 Å². The zero-order valence-electron chi connectivity index (χ0n) is 16.4. The molecule has 0 aliphatic heterocycles. The van der Waals surface area contributed by atoms with Crippen molar-refractivity contribution >= 4 is 28.0 Å². The summed E-state index contributed by atoms with van der Waals surface area (Å²) in [5, 5.41) is 7.16. The van der Waals surface area contributed by atoms with Crippen LogP contribution in [0.25, 0.3) is 16.9 Å². The maximum atomic E-state index is 12.9. The minimum atomic E-state index is -4.45. The number of halogens is 3. The van der Waals surface area contributed by atoms with Gasteiger partial charge >= 0.3 is 6.18 Å². The number of hydrogen-bond donors (Lipinski definition) is 2. The van der Waals surface area contributed by atoms with Crippen LogP contribution in [0.2, 0.25) is 0 Å². The summed E-state index contributed by atoms with van der Waals surface area (Å²) < 4.78 is 40.3. The maximum absolute atomic E-state index is 12.9. The number of hydrogen-bond acceptors (Lipinski definition) is 5. The Hall–Kier alpha value is -3.47. The average Bonchev–Trinajstić information content (AvgIpc) is 3.31. The second kappa shape index (κ2) is 7.65. The molecule has 0 unspecified atom stereocenters. The van der Waals surface area contributed by atoms with Crippen LogP contribution in [-0.2, 0) is 17.4 Å². The molecule has 0 aliphatic rings. The number of alkyl halides is 3. The molecule has 31 heavy (non-hydrogen) atoms. The molecule has 0 radical (unpaired) electrons. The second-order valence-corrected chi connectivity index (χ2v) is 7.77. The van der Waals surface area contributed by atoms with Crippen LogP contribution in [-0.4, -0.2) is 25.5 Å². The highest BCUT2D eigenvalue weighted by molar-refractivity contribution is 7.14. The predicted octanol–water partition coefficient (Wildman–Crippen LogP) is 3.96. The number of nitrogens with zero attached hydrogens (tertiary/aromatic N) is 3. The van der Waals surface area contributed by atoms with E-state index in [9.17, 15) is 22.8 Å². The normalized spacial score (nSPS) is 11.8. The molecule has 7 nitrogen and oxygen atoms in total. The van der Waals surface area contributed by atoms with Gasteiger partial charge < -0.3 is 5.32 Å². The van der Waals surface area contributed by atoms with E-state index in [1.807, 2.05) is 0 Å². The first-order valence-corrected chi connectivity index (χ1v) is 10.0. The number of amides is 1. The third kappa shape index (κ3) is 4.22.